The molecule has 0 aliphatic carbocycles. The second kappa shape index (κ2) is 10.2. The first-order chi connectivity index (χ1) is 17.1. The molecule has 2 aliphatic heterocycles. The van der Waals surface area contributed by atoms with Gasteiger partial charge >= 0.3 is 0 Å². The van der Waals surface area contributed by atoms with Gasteiger partial charge in [-0.2, -0.15) is 0 Å². The Morgan fingerprint density at radius 3 is 2.34 bits per heavy atom. The number of para-hydroxylation sites is 2. The van der Waals surface area contributed by atoms with E-state index in [1.807, 2.05) is 96.9 Å². The Morgan fingerprint density at radius 2 is 1.60 bits per heavy atom. The van der Waals surface area contributed by atoms with Gasteiger partial charge in [0, 0.05) is 20.0 Å². The predicted molar refractivity (Wildman–Crippen MR) is 133 cm³/mol. The lowest BCUT2D eigenvalue weighted by atomic mass is 9.83. The first-order valence-corrected chi connectivity index (χ1v) is 12.1. The highest BCUT2D eigenvalue weighted by Crippen LogP contribution is 2.39. The fourth-order valence-corrected chi connectivity index (χ4v) is 5.07. The molecule has 6 heteroatoms. The number of benzene rings is 3. The molecule has 2 amide bonds. The van der Waals surface area contributed by atoms with Gasteiger partial charge in [-0.25, -0.2) is 0 Å². The molecule has 180 valence electrons. The van der Waals surface area contributed by atoms with Gasteiger partial charge in [0.1, 0.15) is 6.61 Å². The Bertz CT molecular complexity index is 1170. The zero-order valence-electron chi connectivity index (χ0n) is 19.9. The van der Waals surface area contributed by atoms with Crippen LogP contribution < -0.4 is 9.47 Å². The summed E-state index contributed by atoms with van der Waals surface area (Å²) in [6, 6.07) is 27.1. The van der Waals surface area contributed by atoms with Gasteiger partial charge in [0.25, 0.3) is 0 Å². The molecule has 0 bridgehead atoms. The van der Waals surface area contributed by atoms with Crippen LogP contribution in [0.2, 0.25) is 0 Å². The maximum atomic E-state index is 13.8. The van der Waals surface area contributed by atoms with Crippen molar-refractivity contribution < 1.29 is 19.1 Å². The van der Waals surface area contributed by atoms with E-state index < -0.39 is 0 Å². The van der Waals surface area contributed by atoms with Crippen molar-refractivity contribution in [2.24, 2.45) is 5.92 Å². The number of fused-ring (bicyclic) bond motifs is 1. The number of likely N-dealkylation sites (tertiary alicyclic amines) is 1. The third-order valence-corrected chi connectivity index (χ3v) is 6.78. The number of rotatable bonds is 6. The molecule has 0 spiro atoms. The van der Waals surface area contributed by atoms with Crippen LogP contribution in [-0.2, 0) is 16.1 Å². The van der Waals surface area contributed by atoms with Gasteiger partial charge in [0.05, 0.1) is 18.5 Å². The van der Waals surface area contributed by atoms with Gasteiger partial charge in [0.15, 0.2) is 17.6 Å². The van der Waals surface area contributed by atoms with Crippen molar-refractivity contribution in [3.63, 3.8) is 0 Å². The van der Waals surface area contributed by atoms with Crippen LogP contribution in [0.15, 0.2) is 84.9 Å². The zero-order valence-corrected chi connectivity index (χ0v) is 19.9. The average Bonchev–Trinajstić information content (AvgIpc) is 2.90. The Kier molecular flexibility index (Phi) is 6.70. The van der Waals surface area contributed by atoms with Crippen LogP contribution in [-0.4, -0.2) is 47.9 Å². The van der Waals surface area contributed by atoms with E-state index in [9.17, 15) is 9.59 Å². The second-order valence-electron chi connectivity index (χ2n) is 9.22. The Labute approximate surface area is 206 Å². The molecule has 0 saturated carbocycles. The molecule has 0 aromatic heterocycles. The molecule has 3 aromatic rings. The molecule has 3 aromatic carbocycles. The van der Waals surface area contributed by atoms with Crippen LogP contribution >= 0.6 is 0 Å². The van der Waals surface area contributed by atoms with Gasteiger partial charge in [-0.3, -0.25) is 9.59 Å². The van der Waals surface area contributed by atoms with Gasteiger partial charge in [-0.05, 0) is 29.7 Å². The summed E-state index contributed by atoms with van der Waals surface area (Å²) in [6.45, 7) is 1.28. The van der Waals surface area contributed by atoms with E-state index in [2.05, 4.69) is 0 Å². The fraction of sp³-hybridized carbons (Fsp3) is 0.310. The van der Waals surface area contributed by atoms with E-state index in [0.29, 0.717) is 38.3 Å². The molecule has 3 unspecified atom stereocenters. The summed E-state index contributed by atoms with van der Waals surface area (Å²) >= 11 is 0. The lowest BCUT2D eigenvalue weighted by Crippen LogP contribution is -2.50. The maximum Gasteiger partial charge on any atom is 0.228 e. The summed E-state index contributed by atoms with van der Waals surface area (Å²) in [5.74, 6) is 1.19. The smallest absolute Gasteiger partial charge is 0.228 e. The lowest BCUT2D eigenvalue weighted by molar-refractivity contribution is -0.148. The fourth-order valence-electron chi connectivity index (χ4n) is 5.07. The standard InChI is InChI=1S/C29H30N2O4/c1-30(19-23-20-34-25-14-8-9-15-26(25)35-23)29(33)24-16-17-27(32)31(18-21-10-4-2-5-11-21)28(24)22-12-6-3-7-13-22/h2-15,23-24,28H,16-20H2,1H3. The van der Waals surface area contributed by atoms with Crippen molar-refractivity contribution >= 4 is 11.8 Å². The summed E-state index contributed by atoms with van der Waals surface area (Å²) in [6.07, 6.45) is 0.633. The quantitative estimate of drug-likeness (QED) is 0.534. The van der Waals surface area contributed by atoms with Crippen molar-refractivity contribution in [3.8, 4) is 11.5 Å². The largest absolute Gasteiger partial charge is 0.486 e. The van der Waals surface area contributed by atoms with Crippen LogP contribution in [0.4, 0.5) is 0 Å². The molecule has 1 fully saturated rings. The van der Waals surface area contributed by atoms with Crippen molar-refractivity contribution in [1.29, 1.82) is 0 Å². The van der Waals surface area contributed by atoms with Crippen molar-refractivity contribution in [2.75, 3.05) is 20.2 Å². The summed E-state index contributed by atoms with van der Waals surface area (Å²) in [5.41, 5.74) is 2.03. The molecule has 35 heavy (non-hydrogen) atoms. The number of carbonyl (C=O) groups is 2. The minimum absolute atomic E-state index is 0.0203. The van der Waals surface area contributed by atoms with Crippen molar-refractivity contribution in [3.05, 3.63) is 96.1 Å². The third kappa shape index (κ3) is 5.02. The van der Waals surface area contributed by atoms with E-state index in [-0.39, 0.29) is 29.9 Å². The molecule has 1 saturated heterocycles. The minimum Gasteiger partial charge on any atom is -0.486 e. The molecule has 2 aliphatic rings. The van der Waals surface area contributed by atoms with E-state index in [4.69, 9.17) is 9.47 Å². The summed E-state index contributed by atoms with van der Waals surface area (Å²) in [5, 5.41) is 0. The number of ether oxygens (including phenoxy) is 2. The number of carbonyl (C=O) groups excluding carboxylic acids is 2. The molecular formula is C29H30N2O4. The van der Waals surface area contributed by atoms with E-state index >= 15 is 0 Å². The first-order valence-electron chi connectivity index (χ1n) is 12.1. The molecule has 2 heterocycles. The Hall–Kier alpha value is -3.80. The van der Waals surface area contributed by atoms with Crippen molar-refractivity contribution in [2.45, 2.75) is 31.5 Å². The minimum atomic E-state index is -0.333. The molecule has 6 nitrogen and oxygen atoms in total. The highest BCUT2D eigenvalue weighted by atomic mass is 16.6. The maximum absolute atomic E-state index is 13.8. The van der Waals surface area contributed by atoms with Crippen LogP contribution in [0.5, 0.6) is 11.5 Å². The lowest BCUT2D eigenvalue weighted by Gasteiger charge is -2.42. The Balaban J connectivity index is 1.36. The number of hydrogen-bond acceptors (Lipinski definition) is 4. The summed E-state index contributed by atoms with van der Waals surface area (Å²) in [4.78, 5) is 30.5. The number of nitrogens with zero attached hydrogens (tertiary/aromatic N) is 2. The molecule has 0 radical (unpaired) electrons. The zero-order chi connectivity index (χ0) is 24.2. The molecule has 0 N–H and O–H groups in total. The predicted octanol–water partition coefficient (Wildman–Crippen LogP) is 4.46. The normalized spacial score (nSPS) is 21.5. The van der Waals surface area contributed by atoms with Crippen LogP contribution in [0.3, 0.4) is 0 Å². The third-order valence-electron chi connectivity index (χ3n) is 6.78. The van der Waals surface area contributed by atoms with Gasteiger partial charge in [0.2, 0.25) is 11.8 Å². The number of hydrogen-bond donors (Lipinski definition) is 0. The first kappa shape index (κ1) is 23.0. The SMILES string of the molecule is CN(CC1COc2ccccc2O1)C(=O)C1CCC(=O)N(Cc2ccccc2)C1c1ccccc1. The number of likely N-dealkylation sites (N-methyl/N-ethyl adjacent to an activating group) is 1. The number of amides is 2. The van der Waals surface area contributed by atoms with Crippen LogP contribution in [0, 0.1) is 5.92 Å². The average molecular weight is 471 g/mol. The Morgan fingerprint density at radius 1 is 0.943 bits per heavy atom. The monoisotopic (exact) mass is 470 g/mol. The van der Waals surface area contributed by atoms with Crippen LogP contribution in [0.1, 0.15) is 30.0 Å². The summed E-state index contributed by atoms with van der Waals surface area (Å²) in [7, 11) is 1.81. The summed E-state index contributed by atoms with van der Waals surface area (Å²) < 4.78 is 11.9. The highest BCUT2D eigenvalue weighted by Gasteiger charge is 2.42. The number of piperidine rings is 1. The second-order valence-corrected chi connectivity index (χ2v) is 9.22. The van der Waals surface area contributed by atoms with E-state index in [1.165, 1.54) is 0 Å². The van der Waals surface area contributed by atoms with Gasteiger partial charge < -0.3 is 19.3 Å². The van der Waals surface area contributed by atoms with Gasteiger partial charge in [-0.15, -0.1) is 0 Å². The van der Waals surface area contributed by atoms with Gasteiger partial charge in [-0.1, -0.05) is 72.8 Å². The highest BCUT2D eigenvalue weighted by molar-refractivity contribution is 5.85. The molecular weight excluding hydrogens is 440 g/mol. The molecule has 3 atom stereocenters. The van der Waals surface area contributed by atoms with E-state index in [1.54, 1.807) is 4.90 Å². The van der Waals surface area contributed by atoms with Crippen molar-refractivity contribution in [1.82, 2.24) is 9.80 Å². The van der Waals surface area contributed by atoms with Crippen LogP contribution in [0.25, 0.3) is 0 Å². The van der Waals surface area contributed by atoms with E-state index in [0.717, 1.165) is 16.9 Å². The molecule has 5 rings (SSSR count). The topological polar surface area (TPSA) is 59.1 Å².